The summed E-state index contributed by atoms with van der Waals surface area (Å²) < 4.78 is 0. The van der Waals surface area contributed by atoms with Gasteiger partial charge in [-0.05, 0) is 17.7 Å². The van der Waals surface area contributed by atoms with E-state index < -0.39 is 12.0 Å². The fraction of sp³-hybridized carbons (Fsp3) is 0.143. The summed E-state index contributed by atoms with van der Waals surface area (Å²) in [5.41, 5.74) is 7.06. The number of hydrogen-bond acceptors (Lipinski definition) is 3. The number of aromatic nitrogens is 1. The monoisotopic (exact) mass is 242 g/mol. The second kappa shape index (κ2) is 5.42. The van der Waals surface area contributed by atoms with Gasteiger partial charge in [0.1, 0.15) is 0 Å². The molecule has 4 nitrogen and oxygen atoms in total. The quantitative estimate of drug-likeness (QED) is 0.852. The van der Waals surface area contributed by atoms with Crippen molar-refractivity contribution in [2.24, 2.45) is 5.73 Å². The molecule has 18 heavy (non-hydrogen) atoms. The highest BCUT2D eigenvalue weighted by Crippen LogP contribution is 2.17. The van der Waals surface area contributed by atoms with E-state index in [1.807, 2.05) is 30.3 Å². The molecule has 92 valence electrons. The van der Waals surface area contributed by atoms with E-state index in [1.54, 1.807) is 12.1 Å². The molecule has 1 heterocycles. The third kappa shape index (κ3) is 2.93. The first-order valence-corrected chi connectivity index (χ1v) is 5.64. The second-order valence-corrected chi connectivity index (χ2v) is 4.03. The van der Waals surface area contributed by atoms with Gasteiger partial charge in [-0.1, -0.05) is 30.3 Å². The molecule has 4 heteroatoms. The van der Waals surface area contributed by atoms with Gasteiger partial charge >= 0.3 is 0 Å². The van der Waals surface area contributed by atoms with Crippen LogP contribution in [0.25, 0.3) is 0 Å². The first kappa shape index (κ1) is 12.3. The molecule has 1 aromatic carbocycles. The smallest absolute Gasteiger partial charge is 0.248 e. The van der Waals surface area contributed by atoms with Crippen LogP contribution in [0.2, 0.25) is 0 Å². The number of amides is 1. The summed E-state index contributed by atoms with van der Waals surface area (Å²) in [6, 6.07) is 12.5. The molecule has 0 saturated heterocycles. The fourth-order valence-electron chi connectivity index (χ4n) is 1.73. The van der Waals surface area contributed by atoms with Crippen molar-refractivity contribution >= 4 is 5.91 Å². The number of primary amides is 1. The molecule has 0 spiro atoms. The van der Waals surface area contributed by atoms with E-state index in [2.05, 4.69) is 4.98 Å². The summed E-state index contributed by atoms with van der Waals surface area (Å²) >= 11 is 0. The van der Waals surface area contributed by atoms with Gasteiger partial charge in [0.25, 0.3) is 0 Å². The topological polar surface area (TPSA) is 76.2 Å². The van der Waals surface area contributed by atoms with Crippen molar-refractivity contribution in [3.8, 4) is 0 Å². The Morgan fingerprint density at radius 3 is 2.67 bits per heavy atom. The number of pyridine rings is 1. The normalized spacial score (nSPS) is 12.1. The maximum absolute atomic E-state index is 11.0. The number of nitrogens with zero attached hydrogens (tertiary/aromatic N) is 1. The molecule has 1 atom stereocenters. The van der Waals surface area contributed by atoms with Crippen molar-refractivity contribution in [1.29, 1.82) is 0 Å². The van der Waals surface area contributed by atoms with Gasteiger partial charge in [0.05, 0.1) is 6.10 Å². The Morgan fingerprint density at radius 2 is 2.00 bits per heavy atom. The Morgan fingerprint density at radius 1 is 1.28 bits per heavy atom. The molecule has 0 aliphatic heterocycles. The standard InChI is InChI=1S/C14H14N2O2/c15-14(18)11-6-7-16-12(8-11)9-13(17)10-4-2-1-3-5-10/h1-8,13,17H,9H2,(H2,15,18). The van der Waals surface area contributed by atoms with Crippen molar-refractivity contribution in [3.63, 3.8) is 0 Å². The summed E-state index contributed by atoms with van der Waals surface area (Å²) in [5, 5.41) is 10.0. The highest BCUT2D eigenvalue weighted by Gasteiger charge is 2.10. The molecule has 1 unspecified atom stereocenters. The minimum atomic E-state index is -0.637. The van der Waals surface area contributed by atoms with E-state index in [1.165, 1.54) is 6.20 Å². The number of aliphatic hydroxyl groups is 1. The van der Waals surface area contributed by atoms with Crippen LogP contribution in [0.3, 0.4) is 0 Å². The highest BCUT2D eigenvalue weighted by molar-refractivity contribution is 5.92. The number of rotatable bonds is 4. The van der Waals surface area contributed by atoms with Crippen LogP contribution in [0.1, 0.15) is 27.7 Å². The van der Waals surface area contributed by atoms with Crippen LogP contribution in [0.15, 0.2) is 48.7 Å². The van der Waals surface area contributed by atoms with Crippen LogP contribution in [0.5, 0.6) is 0 Å². The van der Waals surface area contributed by atoms with E-state index in [-0.39, 0.29) is 0 Å². The number of hydrogen-bond donors (Lipinski definition) is 2. The van der Waals surface area contributed by atoms with Crippen molar-refractivity contribution in [2.75, 3.05) is 0 Å². The van der Waals surface area contributed by atoms with Gasteiger partial charge in [-0.2, -0.15) is 0 Å². The van der Waals surface area contributed by atoms with Crippen LogP contribution < -0.4 is 5.73 Å². The van der Waals surface area contributed by atoms with E-state index in [0.717, 1.165) is 5.56 Å². The van der Waals surface area contributed by atoms with Crippen molar-refractivity contribution in [2.45, 2.75) is 12.5 Å². The Kier molecular flexibility index (Phi) is 3.69. The summed E-state index contributed by atoms with van der Waals surface area (Å²) in [5.74, 6) is -0.493. The van der Waals surface area contributed by atoms with E-state index >= 15 is 0 Å². The van der Waals surface area contributed by atoms with Gasteiger partial charge in [0.15, 0.2) is 0 Å². The molecule has 0 bridgehead atoms. The van der Waals surface area contributed by atoms with Crippen LogP contribution in [0.4, 0.5) is 0 Å². The minimum absolute atomic E-state index is 0.352. The molecule has 0 saturated carbocycles. The molecule has 2 aromatic rings. The fourth-order valence-corrected chi connectivity index (χ4v) is 1.73. The van der Waals surface area contributed by atoms with Crippen LogP contribution in [-0.4, -0.2) is 16.0 Å². The van der Waals surface area contributed by atoms with Crippen molar-refractivity contribution < 1.29 is 9.90 Å². The Balaban J connectivity index is 2.14. The Bertz CT molecular complexity index is 541. The molecule has 1 aromatic heterocycles. The zero-order valence-corrected chi connectivity index (χ0v) is 9.78. The number of carbonyl (C=O) groups excluding carboxylic acids is 1. The molecule has 0 aliphatic carbocycles. The third-order valence-electron chi connectivity index (χ3n) is 2.69. The average molecular weight is 242 g/mol. The number of aliphatic hydroxyl groups excluding tert-OH is 1. The third-order valence-corrected chi connectivity index (χ3v) is 2.69. The molecule has 0 fully saturated rings. The van der Waals surface area contributed by atoms with Crippen LogP contribution >= 0.6 is 0 Å². The summed E-state index contributed by atoms with van der Waals surface area (Å²) in [6.45, 7) is 0. The number of carbonyl (C=O) groups is 1. The maximum Gasteiger partial charge on any atom is 0.248 e. The van der Waals surface area contributed by atoms with Gasteiger partial charge in [-0.15, -0.1) is 0 Å². The van der Waals surface area contributed by atoms with E-state index in [9.17, 15) is 9.90 Å². The van der Waals surface area contributed by atoms with Crippen LogP contribution in [0, 0.1) is 0 Å². The lowest BCUT2D eigenvalue weighted by atomic mass is 10.0. The molecule has 0 radical (unpaired) electrons. The molecule has 2 rings (SSSR count). The van der Waals surface area contributed by atoms with Gasteiger partial charge in [-0.3, -0.25) is 9.78 Å². The van der Waals surface area contributed by atoms with E-state index in [0.29, 0.717) is 17.7 Å². The lowest BCUT2D eigenvalue weighted by Gasteiger charge is -2.10. The lowest BCUT2D eigenvalue weighted by molar-refractivity contribution is 0.0999. The summed E-state index contributed by atoms with van der Waals surface area (Å²) in [6.07, 6.45) is 1.24. The second-order valence-electron chi connectivity index (χ2n) is 4.03. The Hall–Kier alpha value is -2.20. The average Bonchev–Trinajstić information content (AvgIpc) is 2.40. The zero-order valence-electron chi connectivity index (χ0n) is 9.78. The molecular formula is C14H14N2O2. The largest absolute Gasteiger partial charge is 0.388 e. The molecule has 3 N–H and O–H groups in total. The maximum atomic E-state index is 11.0. The SMILES string of the molecule is NC(=O)c1ccnc(CC(O)c2ccccc2)c1. The molecule has 1 amide bonds. The van der Waals surface area contributed by atoms with Gasteiger partial charge < -0.3 is 10.8 Å². The molecular weight excluding hydrogens is 228 g/mol. The summed E-state index contributed by atoms with van der Waals surface area (Å²) in [4.78, 5) is 15.2. The highest BCUT2D eigenvalue weighted by atomic mass is 16.3. The van der Waals surface area contributed by atoms with Crippen molar-refractivity contribution in [3.05, 3.63) is 65.5 Å². The summed E-state index contributed by atoms with van der Waals surface area (Å²) in [7, 11) is 0. The predicted molar refractivity (Wildman–Crippen MR) is 67.9 cm³/mol. The first-order valence-electron chi connectivity index (χ1n) is 5.64. The van der Waals surface area contributed by atoms with Gasteiger partial charge in [-0.25, -0.2) is 0 Å². The van der Waals surface area contributed by atoms with Crippen molar-refractivity contribution in [1.82, 2.24) is 4.98 Å². The van der Waals surface area contributed by atoms with Gasteiger partial charge in [0.2, 0.25) is 5.91 Å². The van der Waals surface area contributed by atoms with E-state index in [4.69, 9.17) is 5.73 Å². The lowest BCUT2D eigenvalue weighted by Crippen LogP contribution is -2.12. The molecule has 0 aliphatic rings. The number of benzene rings is 1. The number of nitrogens with two attached hydrogens (primary N) is 1. The Labute approximate surface area is 105 Å². The first-order chi connectivity index (χ1) is 8.66. The zero-order chi connectivity index (χ0) is 13.0. The minimum Gasteiger partial charge on any atom is -0.388 e. The van der Waals surface area contributed by atoms with Crippen LogP contribution in [-0.2, 0) is 6.42 Å². The van der Waals surface area contributed by atoms with Gasteiger partial charge in [0, 0.05) is 23.9 Å². The predicted octanol–water partition coefficient (Wildman–Crippen LogP) is 1.46.